The van der Waals surface area contributed by atoms with Gasteiger partial charge in [0.2, 0.25) is 0 Å². The smallest absolute Gasteiger partial charge is 0.0897 e. The number of likely N-dealkylation sites (N-methyl/N-ethyl adjacent to an activating group) is 1. The van der Waals surface area contributed by atoms with Crippen molar-refractivity contribution in [2.75, 3.05) is 13.6 Å². The van der Waals surface area contributed by atoms with Crippen LogP contribution < -0.4 is 0 Å². The van der Waals surface area contributed by atoms with Crippen LogP contribution in [0.4, 0.5) is 0 Å². The van der Waals surface area contributed by atoms with Gasteiger partial charge in [-0.05, 0) is 20.9 Å². The number of aromatic nitrogens is 1. The van der Waals surface area contributed by atoms with Crippen molar-refractivity contribution in [2.24, 2.45) is 0 Å². The normalized spacial score (nSPS) is 13.6. The molecule has 0 radical (unpaired) electrons. The fourth-order valence-electron chi connectivity index (χ4n) is 1.26. The molecule has 1 aromatic heterocycles. The molecular formula is C9H16N2OS. The summed E-state index contributed by atoms with van der Waals surface area (Å²) in [6.45, 7) is 5.38. The number of thiazole rings is 1. The van der Waals surface area contributed by atoms with Gasteiger partial charge in [0.15, 0.2) is 0 Å². The number of rotatable bonds is 4. The molecular weight excluding hydrogens is 184 g/mol. The molecule has 1 unspecified atom stereocenters. The second-order valence-corrected chi connectivity index (χ2v) is 4.71. The molecule has 0 saturated carbocycles. The summed E-state index contributed by atoms with van der Waals surface area (Å²) in [5.41, 5.74) is 0. The Hall–Kier alpha value is -0.450. The number of hydrogen-bond donors (Lipinski definition) is 1. The van der Waals surface area contributed by atoms with Crippen LogP contribution in [0.3, 0.4) is 0 Å². The first-order valence-electron chi connectivity index (χ1n) is 4.36. The topological polar surface area (TPSA) is 36.4 Å². The average molecular weight is 200 g/mol. The Morgan fingerprint density at radius 1 is 1.69 bits per heavy atom. The molecule has 0 saturated heterocycles. The Kier molecular flexibility index (Phi) is 3.84. The Balaban J connectivity index is 2.40. The fourth-order valence-corrected chi connectivity index (χ4v) is 2.14. The van der Waals surface area contributed by atoms with Crippen molar-refractivity contribution in [3.05, 3.63) is 16.1 Å². The van der Waals surface area contributed by atoms with Crippen LogP contribution in [0.5, 0.6) is 0 Å². The highest BCUT2D eigenvalue weighted by Crippen LogP contribution is 2.13. The first-order chi connectivity index (χ1) is 6.08. The van der Waals surface area contributed by atoms with Gasteiger partial charge in [-0.25, -0.2) is 4.98 Å². The molecule has 1 N–H and O–H groups in total. The number of hydrogen-bond acceptors (Lipinski definition) is 4. The van der Waals surface area contributed by atoms with Gasteiger partial charge in [-0.15, -0.1) is 11.3 Å². The van der Waals surface area contributed by atoms with E-state index < -0.39 is 0 Å². The molecule has 0 fully saturated rings. The lowest BCUT2D eigenvalue weighted by atomic mass is 10.3. The highest BCUT2D eigenvalue weighted by Gasteiger charge is 2.05. The zero-order valence-electron chi connectivity index (χ0n) is 8.32. The van der Waals surface area contributed by atoms with Gasteiger partial charge in [-0.3, -0.25) is 4.90 Å². The molecule has 1 rings (SSSR count). The number of aliphatic hydroxyl groups is 1. The van der Waals surface area contributed by atoms with Crippen molar-refractivity contribution in [3.8, 4) is 0 Å². The van der Waals surface area contributed by atoms with Crippen LogP contribution in [0.25, 0.3) is 0 Å². The van der Waals surface area contributed by atoms with Crippen molar-refractivity contribution in [1.82, 2.24) is 9.88 Å². The minimum absolute atomic E-state index is 0.265. The van der Waals surface area contributed by atoms with E-state index in [1.54, 1.807) is 18.3 Å². The Morgan fingerprint density at radius 3 is 2.85 bits per heavy atom. The van der Waals surface area contributed by atoms with E-state index in [1.807, 2.05) is 20.2 Å². The third-order valence-electron chi connectivity index (χ3n) is 1.67. The standard InChI is InChI=1S/C9H16N2OS/c1-7(12)5-11(3)6-9-4-10-8(2)13-9/h4,7,12H,5-6H2,1-3H3. The van der Waals surface area contributed by atoms with Gasteiger partial charge in [-0.1, -0.05) is 0 Å². The van der Waals surface area contributed by atoms with E-state index in [0.29, 0.717) is 6.54 Å². The summed E-state index contributed by atoms with van der Waals surface area (Å²) in [6.07, 6.45) is 1.64. The molecule has 0 bridgehead atoms. The third kappa shape index (κ3) is 3.85. The Bertz CT molecular complexity index is 260. The fraction of sp³-hybridized carbons (Fsp3) is 0.667. The maximum absolute atomic E-state index is 9.15. The highest BCUT2D eigenvalue weighted by atomic mass is 32.1. The predicted octanol–water partition coefficient (Wildman–Crippen LogP) is 1.26. The number of nitrogens with zero attached hydrogens (tertiary/aromatic N) is 2. The zero-order valence-corrected chi connectivity index (χ0v) is 9.14. The van der Waals surface area contributed by atoms with Crippen molar-refractivity contribution < 1.29 is 5.11 Å². The molecule has 0 aliphatic heterocycles. The molecule has 0 amide bonds. The van der Waals surface area contributed by atoms with Gasteiger partial charge >= 0.3 is 0 Å². The molecule has 13 heavy (non-hydrogen) atoms. The van der Waals surface area contributed by atoms with E-state index in [0.717, 1.165) is 11.6 Å². The molecule has 0 aromatic carbocycles. The summed E-state index contributed by atoms with van der Waals surface area (Å²) in [5.74, 6) is 0. The van der Waals surface area contributed by atoms with Gasteiger partial charge in [0.25, 0.3) is 0 Å². The Labute approximate surface area is 83.0 Å². The summed E-state index contributed by atoms with van der Waals surface area (Å²) in [4.78, 5) is 7.52. The second kappa shape index (κ2) is 4.69. The molecule has 74 valence electrons. The van der Waals surface area contributed by atoms with Gasteiger partial charge in [0, 0.05) is 24.2 Å². The number of aliphatic hydroxyl groups excluding tert-OH is 1. The van der Waals surface area contributed by atoms with Crippen LogP contribution in [0.1, 0.15) is 16.8 Å². The second-order valence-electron chi connectivity index (χ2n) is 3.39. The highest BCUT2D eigenvalue weighted by molar-refractivity contribution is 7.11. The molecule has 1 aromatic rings. The largest absolute Gasteiger partial charge is 0.392 e. The van der Waals surface area contributed by atoms with Crippen LogP contribution in [0.15, 0.2) is 6.20 Å². The maximum atomic E-state index is 9.15. The van der Waals surface area contributed by atoms with Gasteiger partial charge < -0.3 is 5.11 Å². The van der Waals surface area contributed by atoms with Gasteiger partial charge in [0.05, 0.1) is 11.1 Å². The van der Waals surface area contributed by atoms with E-state index >= 15 is 0 Å². The summed E-state index contributed by atoms with van der Waals surface area (Å²) in [6, 6.07) is 0. The lowest BCUT2D eigenvalue weighted by Gasteiger charge is -2.16. The molecule has 1 heterocycles. The molecule has 4 heteroatoms. The monoisotopic (exact) mass is 200 g/mol. The van der Waals surface area contributed by atoms with Crippen LogP contribution in [-0.4, -0.2) is 34.7 Å². The molecule has 1 atom stereocenters. The van der Waals surface area contributed by atoms with Crippen molar-refractivity contribution in [3.63, 3.8) is 0 Å². The van der Waals surface area contributed by atoms with Crippen LogP contribution in [0, 0.1) is 6.92 Å². The quantitative estimate of drug-likeness (QED) is 0.795. The van der Waals surface area contributed by atoms with E-state index in [-0.39, 0.29) is 6.10 Å². The molecule has 0 spiro atoms. The average Bonchev–Trinajstić information content (AvgIpc) is 2.33. The molecule has 3 nitrogen and oxygen atoms in total. The zero-order chi connectivity index (χ0) is 9.84. The van der Waals surface area contributed by atoms with Crippen LogP contribution in [-0.2, 0) is 6.54 Å². The summed E-state index contributed by atoms with van der Waals surface area (Å²) >= 11 is 1.71. The molecule has 0 aliphatic carbocycles. The van der Waals surface area contributed by atoms with E-state index in [9.17, 15) is 0 Å². The first kappa shape index (κ1) is 10.6. The summed E-state index contributed by atoms with van der Waals surface area (Å²) in [7, 11) is 2.00. The lowest BCUT2D eigenvalue weighted by molar-refractivity contribution is 0.139. The maximum Gasteiger partial charge on any atom is 0.0897 e. The van der Waals surface area contributed by atoms with Crippen molar-refractivity contribution >= 4 is 11.3 Å². The first-order valence-corrected chi connectivity index (χ1v) is 5.17. The van der Waals surface area contributed by atoms with Crippen LogP contribution >= 0.6 is 11.3 Å². The molecule has 0 aliphatic rings. The SMILES string of the molecule is Cc1ncc(CN(C)CC(C)O)s1. The summed E-state index contributed by atoms with van der Waals surface area (Å²) in [5, 5.41) is 10.2. The van der Waals surface area contributed by atoms with Crippen molar-refractivity contribution in [2.45, 2.75) is 26.5 Å². The third-order valence-corrected chi connectivity index (χ3v) is 2.57. The van der Waals surface area contributed by atoms with E-state index in [1.165, 1.54) is 4.88 Å². The van der Waals surface area contributed by atoms with E-state index in [4.69, 9.17) is 5.11 Å². The predicted molar refractivity (Wildman–Crippen MR) is 54.9 cm³/mol. The van der Waals surface area contributed by atoms with Gasteiger partial charge in [0.1, 0.15) is 0 Å². The number of aryl methyl sites for hydroxylation is 1. The van der Waals surface area contributed by atoms with Gasteiger partial charge in [-0.2, -0.15) is 0 Å². The minimum Gasteiger partial charge on any atom is -0.392 e. The Morgan fingerprint density at radius 2 is 2.38 bits per heavy atom. The van der Waals surface area contributed by atoms with Crippen molar-refractivity contribution in [1.29, 1.82) is 0 Å². The lowest BCUT2D eigenvalue weighted by Crippen LogP contribution is -2.26. The van der Waals surface area contributed by atoms with E-state index in [2.05, 4.69) is 9.88 Å². The van der Waals surface area contributed by atoms with Crippen LogP contribution in [0.2, 0.25) is 0 Å². The summed E-state index contributed by atoms with van der Waals surface area (Å²) < 4.78 is 0. The minimum atomic E-state index is -0.265.